The van der Waals surface area contributed by atoms with Crippen molar-refractivity contribution in [3.63, 3.8) is 0 Å². The Labute approximate surface area is 211 Å². The van der Waals surface area contributed by atoms with Gasteiger partial charge in [-0.05, 0) is 75.6 Å². The highest BCUT2D eigenvalue weighted by molar-refractivity contribution is 9.10. The smallest absolute Gasteiger partial charge is 0.238 e. The highest BCUT2D eigenvalue weighted by Gasteiger charge is 2.23. The van der Waals surface area contributed by atoms with Crippen LogP contribution in [0.1, 0.15) is 11.1 Å². The molecule has 4 rings (SSSR count). The Bertz CT molecular complexity index is 1440. The molecule has 0 aliphatic carbocycles. The van der Waals surface area contributed by atoms with Crippen molar-refractivity contribution >= 4 is 28.0 Å². The first kappa shape index (κ1) is 23.9. The summed E-state index contributed by atoms with van der Waals surface area (Å²) in [6.45, 7) is 0. The van der Waals surface area contributed by atoms with Crippen LogP contribution in [-0.4, -0.2) is 32.7 Å². The van der Waals surface area contributed by atoms with E-state index >= 15 is 0 Å². The molecule has 35 heavy (non-hydrogen) atoms. The molecule has 0 aliphatic rings. The van der Waals surface area contributed by atoms with Crippen molar-refractivity contribution in [3.05, 3.63) is 76.3 Å². The molecular weight excluding hydrogens is 512 g/mol. The number of aromatic hydroxyl groups is 1. The summed E-state index contributed by atoms with van der Waals surface area (Å²) in [6, 6.07) is 20.3. The van der Waals surface area contributed by atoms with Gasteiger partial charge in [0.15, 0.2) is 11.5 Å². The van der Waals surface area contributed by atoms with Crippen molar-refractivity contribution in [3.8, 4) is 51.5 Å². The lowest BCUT2D eigenvalue weighted by Crippen LogP contribution is -1.89. The number of phenolic OH excluding ortho intramolecular Hbond substituents is 1. The molecule has 7 nitrogen and oxygen atoms in total. The highest BCUT2D eigenvalue weighted by atomic mass is 79.9. The number of nitrogens with zero attached hydrogens (tertiary/aromatic N) is 2. The van der Waals surface area contributed by atoms with Crippen LogP contribution in [0, 0.1) is 11.3 Å². The number of furan rings is 1. The Morgan fingerprint density at radius 2 is 1.69 bits per heavy atom. The normalized spacial score (nSPS) is 10.8. The van der Waals surface area contributed by atoms with Gasteiger partial charge < -0.3 is 23.7 Å². The zero-order chi connectivity index (χ0) is 24.9. The Morgan fingerprint density at radius 3 is 2.34 bits per heavy atom. The maximum absolute atomic E-state index is 10.1. The number of aliphatic imine (C=N–C) groups is 1. The number of rotatable bonds is 7. The highest BCUT2D eigenvalue weighted by Crippen LogP contribution is 2.43. The molecule has 0 saturated heterocycles. The van der Waals surface area contributed by atoms with Gasteiger partial charge in [-0.1, -0.05) is 12.1 Å². The van der Waals surface area contributed by atoms with Gasteiger partial charge in [0.05, 0.1) is 25.8 Å². The van der Waals surface area contributed by atoms with Crippen LogP contribution in [0.25, 0.3) is 22.5 Å². The topological polar surface area (TPSA) is 97.2 Å². The molecule has 4 aromatic rings. The summed E-state index contributed by atoms with van der Waals surface area (Å²) in [5.41, 5.74) is 3.04. The number of nitriles is 1. The fourth-order valence-electron chi connectivity index (χ4n) is 3.57. The third-order valence-corrected chi connectivity index (χ3v) is 5.92. The molecule has 0 amide bonds. The summed E-state index contributed by atoms with van der Waals surface area (Å²) in [7, 11) is 4.65. The lowest BCUT2D eigenvalue weighted by atomic mass is 9.98. The summed E-state index contributed by atoms with van der Waals surface area (Å²) in [6.07, 6.45) is 1.54. The fraction of sp³-hybridized carbons (Fsp3) is 0.111. The SMILES string of the molecule is COc1ccc(-c2oc(N=Cc3cc(Br)c(O)c(OC)c3)c(C#N)c2-c2cccc(OC)c2)cc1. The average Bonchev–Trinajstić information content (AvgIpc) is 3.27. The minimum Gasteiger partial charge on any atom is -0.503 e. The van der Waals surface area contributed by atoms with Gasteiger partial charge in [-0.3, -0.25) is 0 Å². The Hall–Kier alpha value is -4.22. The van der Waals surface area contributed by atoms with Crippen LogP contribution in [0.2, 0.25) is 0 Å². The van der Waals surface area contributed by atoms with Crippen LogP contribution >= 0.6 is 15.9 Å². The largest absolute Gasteiger partial charge is 0.503 e. The molecule has 0 atom stereocenters. The van der Waals surface area contributed by atoms with E-state index in [0.717, 1.165) is 11.1 Å². The van der Waals surface area contributed by atoms with Crippen molar-refractivity contribution < 1.29 is 23.7 Å². The molecule has 1 N–H and O–H groups in total. The van der Waals surface area contributed by atoms with Gasteiger partial charge in [-0.25, -0.2) is 4.99 Å². The molecule has 0 fully saturated rings. The monoisotopic (exact) mass is 532 g/mol. The summed E-state index contributed by atoms with van der Waals surface area (Å²) in [5, 5.41) is 20.2. The molecular formula is C27H21BrN2O5. The van der Waals surface area contributed by atoms with Gasteiger partial charge in [-0.2, -0.15) is 5.26 Å². The van der Waals surface area contributed by atoms with Crippen LogP contribution < -0.4 is 14.2 Å². The van der Waals surface area contributed by atoms with Crippen LogP contribution in [0.15, 0.2) is 74.5 Å². The number of phenols is 1. The zero-order valence-electron chi connectivity index (χ0n) is 19.2. The van der Waals surface area contributed by atoms with E-state index in [-0.39, 0.29) is 22.9 Å². The minimum absolute atomic E-state index is 0.0116. The fourth-order valence-corrected chi connectivity index (χ4v) is 4.03. The first-order valence-electron chi connectivity index (χ1n) is 10.4. The second-order valence-electron chi connectivity index (χ2n) is 7.37. The third-order valence-electron chi connectivity index (χ3n) is 5.31. The van der Waals surface area contributed by atoms with Crippen molar-refractivity contribution in [2.75, 3.05) is 21.3 Å². The van der Waals surface area contributed by atoms with Crippen molar-refractivity contribution in [2.45, 2.75) is 0 Å². The molecule has 0 spiro atoms. The minimum atomic E-state index is -0.0116. The van der Waals surface area contributed by atoms with Gasteiger partial charge in [0, 0.05) is 17.3 Å². The zero-order valence-corrected chi connectivity index (χ0v) is 20.8. The summed E-state index contributed by atoms with van der Waals surface area (Å²) in [4.78, 5) is 4.47. The lowest BCUT2D eigenvalue weighted by molar-refractivity contribution is 0.372. The van der Waals surface area contributed by atoms with E-state index in [1.165, 1.54) is 7.11 Å². The van der Waals surface area contributed by atoms with E-state index < -0.39 is 0 Å². The van der Waals surface area contributed by atoms with Gasteiger partial charge >= 0.3 is 0 Å². The Balaban J connectivity index is 1.88. The maximum Gasteiger partial charge on any atom is 0.238 e. The van der Waals surface area contributed by atoms with Crippen LogP contribution in [0.5, 0.6) is 23.0 Å². The lowest BCUT2D eigenvalue weighted by Gasteiger charge is -2.07. The van der Waals surface area contributed by atoms with Gasteiger partial charge in [0.2, 0.25) is 5.88 Å². The van der Waals surface area contributed by atoms with Crippen molar-refractivity contribution in [1.82, 2.24) is 0 Å². The molecule has 0 unspecified atom stereocenters. The molecule has 176 valence electrons. The molecule has 0 aliphatic heterocycles. The molecule has 0 radical (unpaired) electrons. The standard InChI is InChI=1S/C27H21BrN2O5/c1-32-19-9-7-17(8-10-19)26-24(18-5-4-6-20(13-18)33-2)21(14-29)27(35-26)30-15-16-11-22(28)25(31)23(12-16)34-3/h4-13,15,31H,1-3H3. The average molecular weight is 533 g/mol. The molecule has 0 bridgehead atoms. The van der Waals surface area contributed by atoms with Gasteiger partial charge in [-0.15, -0.1) is 0 Å². The predicted octanol–water partition coefficient (Wildman–Crippen LogP) is 6.73. The predicted molar refractivity (Wildman–Crippen MR) is 137 cm³/mol. The molecule has 1 heterocycles. The Morgan fingerprint density at radius 1 is 0.943 bits per heavy atom. The van der Waals surface area contributed by atoms with E-state index in [1.807, 2.05) is 48.5 Å². The summed E-state index contributed by atoms with van der Waals surface area (Å²) < 4.78 is 22.5. The van der Waals surface area contributed by atoms with Crippen molar-refractivity contribution in [1.29, 1.82) is 5.26 Å². The molecule has 1 aromatic heterocycles. The molecule has 8 heteroatoms. The number of benzene rings is 3. The van der Waals surface area contributed by atoms with Crippen molar-refractivity contribution in [2.24, 2.45) is 4.99 Å². The van der Waals surface area contributed by atoms with E-state index in [4.69, 9.17) is 18.6 Å². The molecule has 0 saturated carbocycles. The maximum atomic E-state index is 10.1. The third kappa shape index (κ3) is 4.86. The van der Waals surface area contributed by atoms with Gasteiger partial charge in [0.25, 0.3) is 0 Å². The number of hydrogen-bond donors (Lipinski definition) is 1. The van der Waals surface area contributed by atoms with Crippen LogP contribution in [0.4, 0.5) is 5.88 Å². The number of halogens is 1. The van der Waals surface area contributed by atoms with Crippen LogP contribution in [-0.2, 0) is 0 Å². The van der Waals surface area contributed by atoms with E-state index in [0.29, 0.717) is 32.9 Å². The second kappa shape index (κ2) is 10.4. The van der Waals surface area contributed by atoms with E-state index in [9.17, 15) is 10.4 Å². The van der Waals surface area contributed by atoms with E-state index in [2.05, 4.69) is 27.0 Å². The number of hydrogen-bond acceptors (Lipinski definition) is 7. The second-order valence-corrected chi connectivity index (χ2v) is 8.22. The molecule has 3 aromatic carbocycles. The van der Waals surface area contributed by atoms with Crippen LogP contribution in [0.3, 0.4) is 0 Å². The number of ether oxygens (including phenoxy) is 3. The Kier molecular flexibility index (Phi) is 7.09. The summed E-state index contributed by atoms with van der Waals surface area (Å²) in [5.74, 6) is 2.28. The number of methoxy groups -OCH3 is 3. The van der Waals surface area contributed by atoms with E-state index in [1.54, 1.807) is 32.6 Å². The first-order valence-corrected chi connectivity index (χ1v) is 11.2. The van der Waals surface area contributed by atoms with Gasteiger partial charge in [0.1, 0.15) is 28.9 Å². The quantitative estimate of drug-likeness (QED) is 0.265. The first-order chi connectivity index (χ1) is 17.0. The summed E-state index contributed by atoms with van der Waals surface area (Å²) >= 11 is 3.30.